The van der Waals surface area contributed by atoms with Crippen LogP contribution >= 0.6 is 0 Å². The van der Waals surface area contributed by atoms with E-state index in [4.69, 9.17) is 0 Å². The lowest BCUT2D eigenvalue weighted by atomic mass is 15.9. The molecule has 0 aromatic heterocycles. The topological polar surface area (TPSA) is 68.3 Å². The van der Waals surface area contributed by atoms with Crippen molar-refractivity contribution in [2.24, 2.45) is 0 Å². The highest BCUT2D eigenvalue weighted by Crippen LogP contribution is 1.56. The molecular weight excluding hydrogens is 156 g/mol. The van der Waals surface area contributed by atoms with Gasteiger partial charge in [0.15, 0.2) is 0 Å². The van der Waals surface area contributed by atoms with Crippen molar-refractivity contribution in [1.82, 2.24) is 0 Å². The van der Waals surface area contributed by atoms with E-state index in [1.807, 2.05) is 0 Å². The van der Waals surface area contributed by atoms with Gasteiger partial charge in [0.25, 0.3) is 7.82 Å². The molecule has 0 unspecified atom stereocenters. The molecule has 0 amide bonds. The molecule has 7 heavy (non-hydrogen) atoms. The molecule has 0 saturated carbocycles. The van der Waals surface area contributed by atoms with Gasteiger partial charge in [-0.25, -0.2) is 16.8 Å². The monoisotopic (exact) mass is 160 g/mol. The maximum Gasteiger partial charge on any atom is 0.293 e. The molecule has 0 aromatic rings. The highest BCUT2D eigenvalue weighted by atomic mass is 32.6. The van der Waals surface area contributed by atoms with Gasteiger partial charge in [0.05, 0.1) is 0 Å². The van der Waals surface area contributed by atoms with Crippen LogP contribution in [0.2, 0.25) is 0 Å². The fourth-order valence-corrected chi connectivity index (χ4v) is 2.55. The molecule has 0 saturated heterocycles. The quantitative estimate of drug-likeness (QED) is 0.338. The van der Waals surface area contributed by atoms with Gasteiger partial charge < -0.3 is 0 Å². The first-order valence-corrected chi connectivity index (χ1v) is 7.88. The maximum atomic E-state index is 9.52. The Labute approximate surface area is 45.6 Å². The molecule has 0 aliphatic rings. The van der Waals surface area contributed by atoms with Crippen LogP contribution in [-0.4, -0.2) is 24.7 Å². The molecule has 4 nitrogen and oxygen atoms in total. The van der Waals surface area contributed by atoms with Gasteiger partial charge in [0, 0.05) is 0 Å². The minimum atomic E-state index is -2.60. The minimum absolute atomic E-state index is 1.81. The molecule has 0 radical (unpaired) electrons. The van der Waals surface area contributed by atoms with Crippen molar-refractivity contribution < 1.29 is 16.8 Å². The van der Waals surface area contributed by atoms with Crippen LogP contribution in [0, 0.1) is 0 Å². The van der Waals surface area contributed by atoms with Crippen LogP contribution < -0.4 is 0 Å². The van der Waals surface area contributed by atoms with Crippen LogP contribution in [0.1, 0.15) is 0 Å². The van der Waals surface area contributed by atoms with E-state index in [9.17, 15) is 16.8 Å². The molecule has 0 fully saturated rings. The third-order valence-corrected chi connectivity index (χ3v) is 6.24. The fraction of sp³-hybridized carbons (Fsp3) is 0. The zero-order valence-electron chi connectivity index (χ0n) is 3.23. The van der Waals surface area contributed by atoms with Crippen molar-refractivity contribution in [3.05, 3.63) is 0 Å². The Kier molecular flexibility index (Phi) is 3.21. The first-order valence-electron chi connectivity index (χ1n) is 1.36. The average molecular weight is 160 g/mol. The lowest BCUT2D eigenvalue weighted by Crippen LogP contribution is -1.92. The molecular formula is H4O4S2Si. The van der Waals surface area contributed by atoms with Gasteiger partial charge in [-0.1, -0.05) is 0 Å². The van der Waals surface area contributed by atoms with Gasteiger partial charge in [0.2, 0.25) is 0 Å². The van der Waals surface area contributed by atoms with Crippen LogP contribution in [0.25, 0.3) is 0 Å². The molecule has 0 aliphatic carbocycles. The number of hydrogen-bond acceptors (Lipinski definition) is 4. The Bertz CT molecular complexity index is 138. The molecule has 0 N–H and O–H groups in total. The lowest BCUT2D eigenvalue weighted by molar-refractivity contribution is 0.623. The summed E-state index contributed by atoms with van der Waals surface area (Å²) >= 11 is 0. The summed E-state index contributed by atoms with van der Waals surface area (Å²) in [5, 5.41) is 0. The van der Waals surface area contributed by atoms with Gasteiger partial charge in [-0.05, 0) is 0 Å². The van der Waals surface area contributed by atoms with Gasteiger partial charge in [-0.15, -0.1) is 0 Å². The second-order valence-electron chi connectivity index (χ2n) is 0.807. The van der Waals surface area contributed by atoms with Crippen molar-refractivity contribution in [3.63, 3.8) is 0 Å². The smallest absolute Gasteiger partial charge is 0.239 e. The summed E-state index contributed by atoms with van der Waals surface area (Å²) in [4.78, 5) is 0. The number of thiol groups is 2. The molecule has 44 valence electrons. The largest absolute Gasteiger partial charge is 0.293 e. The predicted octanol–water partition coefficient (Wildman–Crippen LogP) is -2.79. The van der Waals surface area contributed by atoms with E-state index in [0.29, 0.717) is 0 Å². The van der Waals surface area contributed by atoms with E-state index in [0.717, 1.165) is 0 Å². The predicted molar refractivity (Wildman–Crippen MR) is 29.2 cm³/mol. The molecule has 7 heteroatoms. The third kappa shape index (κ3) is 6.12. The fourth-order valence-electron chi connectivity index (χ4n) is 0.0943. The van der Waals surface area contributed by atoms with Crippen LogP contribution in [0.4, 0.5) is 0 Å². The van der Waals surface area contributed by atoms with E-state index in [1.54, 1.807) is 0 Å². The Balaban J connectivity index is 3.77. The van der Waals surface area contributed by atoms with Crippen LogP contribution in [0.3, 0.4) is 0 Å². The summed E-state index contributed by atoms with van der Waals surface area (Å²) in [6.07, 6.45) is 0. The second-order valence-corrected chi connectivity index (χ2v) is 8.91. The van der Waals surface area contributed by atoms with Crippen LogP contribution in [0.5, 0.6) is 0 Å². The summed E-state index contributed by atoms with van der Waals surface area (Å²) in [6.45, 7) is 0. The van der Waals surface area contributed by atoms with Crippen LogP contribution in [0.15, 0.2) is 0 Å². The zero-order valence-corrected chi connectivity index (χ0v) is 6.44. The molecule has 0 spiro atoms. The standard InChI is InChI=1S/H4O4S2Si/c1-5(2)7-6(3)4/h5-6H,7H2. The lowest BCUT2D eigenvalue weighted by Gasteiger charge is -1.63. The van der Waals surface area contributed by atoms with Gasteiger partial charge in [-0.2, -0.15) is 0 Å². The molecule has 0 aliphatic heterocycles. The molecule has 0 rings (SSSR count). The van der Waals surface area contributed by atoms with Crippen molar-refractivity contribution in [3.8, 4) is 0 Å². The van der Waals surface area contributed by atoms with E-state index in [1.165, 1.54) is 0 Å². The van der Waals surface area contributed by atoms with Gasteiger partial charge >= 0.3 is 0 Å². The molecule has 0 heterocycles. The van der Waals surface area contributed by atoms with Crippen molar-refractivity contribution in [2.75, 3.05) is 0 Å². The van der Waals surface area contributed by atoms with Crippen molar-refractivity contribution >= 4 is 28.1 Å². The summed E-state index contributed by atoms with van der Waals surface area (Å²) < 4.78 is 38.1. The summed E-state index contributed by atoms with van der Waals surface area (Å²) in [5.41, 5.74) is 0. The maximum absolute atomic E-state index is 9.52. The van der Waals surface area contributed by atoms with Gasteiger partial charge in [-0.3, -0.25) is 0 Å². The number of hydrogen-bond donors (Lipinski definition) is 2. The molecule has 0 atom stereocenters. The second kappa shape index (κ2) is 3.16. The number of rotatable bonds is 2. The van der Waals surface area contributed by atoms with E-state index >= 15 is 0 Å². The summed E-state index contributed by atoms with van der Waals surface area (Å²) in [5.74, 6) is 0. The normalized spacial score (nSPS) is 10.6. The first-order chi connectivity index (χ1) is 3.13. The zero-order chi connectivity index (χ0) is 5.86. The van der Waals surface area contributed by atoms with E-state index in [-0.39, 0.29) is 0 Å². The summed E-state index contributed by atoms with van der Waals surface area (Å²) in [7, 11) is -7.01. The Morgan fingerprint density at radius 1 is 0.857 bits per heavy atom. The SMILES string of the molecule is O=[SH](=O)[SiH2][SH](=O)=O. The Morgan fingerprint density at radius 2 is 1.14 bits per heavy atom. The van der Waals surface area contributed by atoms with Crippen molar-refractivity contribution in [1.29, 1.82) is 0 Å². The highest BCUT2D eigenvalue weighted by Gasteiger charge is 1.87. The van der Waals surface area contributed by atoms with E-state index in [2.05, 4.69) is 0 Å². The van der Waals surface area contributed by atoms with Gasteiger partial charge in [0.1, 0.15) is 20.3 Å². The minimum Gasteiger partial charge on any atom is -0.239 e. The Hall–Kier alpha value is 0.117. The highest BCUT2D eigenvalue weighted by molar-refractivity contribution is 8.29. The van der Waals surface area contributed by atoms with E-state index < -0.39 is 28.1 Å². The molecule has 0 aromatic carbocycles. The first kappa shape index (κ1) is 7.12. The molecule has 0 bridgehead atoms. The van der Waals surface area contributed by atoms with Crippen molar-refractivity contribution in [2.45, 2.75) is 0 Å². The summed E-state index contributed by atoms with van der Waals surface area (Å²) in [6, 6.07) is 0. The third-order valence-electron chi connectivity index (χ3n) is 0.231. The van der Waals surface area contributed by atoms with Crippen LogP contribution in [-0.2, 0) is 20.3 Å². The Morgan fingerprint density at radius 3 is 1.14 bits per heavy atom. The average Bonchev–Trinajstić information content (AvgIpc) is 1.27.